The number of piperidine rings is 3. The standard InChI is InChI=1S/C22H26N6O2/c23-17-4-1-3-16(9-17)21-14-28(26-25-21)12-18-10-15-6-7-27(18)13-20(15)22(29)24-11-19-5-2-8-30-19/h1-5,8-9,14-15,18,20H,6-7,10-13,23H2,(H,24,29)/t15-,18-,20+/m1/s1. The number of nitrogens with zero attached hydrogens (tertiary/aromatic N) is 4. The number of nitrogens with one attached hydrogen (secondary N) is 1. The molecule has 3 aliphatic heterocycles. The summed E-state index contributed by atoms with van der Waals surface area (Å²) in [6.45, 7) is 3.07. The number of benzene rings is 1. The monoisotopic (exact) mass is 406 g/mol. The van der Waals surface area contributed by atoms with Crippen molar-refractivity contribution in [1.29, 1.82) is 0 Å². The molecule has 3 fully saturated rings. The van der Waals surface area contributed by atoms with E-state index in [4.69, 9.17) is 10.2 Å². The van der Waals surface area contributed by atoms with Crippen molar-refractivity contribution in [1.82, 2.24) is 25.2 Å². The summed E-state index contributed by atoms with van der Waals surface area (Å²) in [5, 5.41) is 11.7. The fourth-order valence-electron chi connectivity index (χ4n) is 4.78. The molecular formula is C22H26N6O2. The molecule has 8 nitrogen and oxygen atoms in total. The molecule has 5 heterocycles. The summed E-state index contributed by atoms with van der Waals surface area (Å²) in [7, 11) is 0. The fraction of sp³-hybridized carbons (Fsp3) is 0.409. The second-order valence-electron chi connectivity index (χ2n) is 8.29. The Morgan fingerprint density at radius 2 is 2.23 bits per heavy atom. The topological polar surface area (TPSA) is 102 Å². The largest absolute Gasteiger partial charge is 0.467 e. The molecule has 1 amide bonds. The van der Waals surface area contributed by atoms with Crippen LogP contribution in [0.1, 0.15) is 18.6 Å². The molecule has 3 N–H and O–H groups in total. The predicted octanol–water partition coefficient (Wildman–Crippen LogP) is 2.15. The van der Waals surface area contributed by atoms with Gasteiger partial charge in [-0.15, -0.1) is 5.10 Å². The quantitative estimate of drug-likeness (QED) is 0.608. The highest BCUT2D eigenvalue weighted by Crippen LogP contribution is 2.37. The number of furan rings is 1. The molecule has 0 radical (unpaired) electrons. The summed E-state index contributed by atoms with van der Waals surface area (Å²) in [5.41, 5.74) is 8.40. The number of anilines is 1. The molecule has 3 saturated heterocycles. The van der Waals surface area contributed by atoms with Gasteiger partial charge in [0.25, 0.3) is 0 Å². The molecule has 3 aromatic rings. The van der Waals surface area contributed by atoms with E-state index in [1.165, 1.54) is 0 Å². The molecule has 156 valence electrons. The van der Waals surface area contributed by atoms with Gasteiger partial charge in [-0.2, -0.15) is 0 Å². The van der Waals surface area contributed by atoms with Gasteiger partial charge in [0.1, 0.15) is 11.5 Å². The van der Waals surface area contributed by atoms with Crippen LogP contribution < -0.4 is 11.1 Å². The van der Waals surface area contributed by atoms with Crippen molar-refractivity contribution in [3.8, 4) is 11.3 Å². The minimum atomic E-state index is 0.0450. The van der Waals surface area contributed by atoms with Crippen LogP contribution in [0.2, 0.25) is 0 Å². The van der Waals surface area contributed by atoms with Crippen molar-refractivity contribution < 1.29 is 9.21 Å². The average Bonchev–Trinajstić information content (AvgIpc) is 3.45. The molecule has 1 aromatic carbocycles. The van der Waals surface area contributed by atoms with Gasteiger partial charge >= 0.3 is 0 Å². The van der Waals surface area contributed by atoms with Gasteiger partial charge in [-0.05, 0) is 49.6 Å². The first-order valence-corrected chi connectivity index (χ1v) is 10.5. The summed E-state index contributed by atoms with van der Waals surface area (Å²) in [6.07, 6.45) is 5.68. The Balaban J connectivity index is 1.20. The molecule has 3 aliphatic rings. The van der Waals surface area contributed by atoms with Crippen LogP contribution in [0.4, 0.5) is 5.69 Å². The Labute approximate surface area is 175 Å². The van der Waals surface area contributed by atoms with E-state index in [9.17, 15) is 4.79 Å². The van der Waals surface area contributed by atoms with E-state index < -0.39 is 0 Å². The zero-order valence-corrected chi connectivity index (χ0v) is 16.8. The Bertz CT molecular complexity index is 1010. The normalized spacial score (nSPS) is 25.3. The zero-order valence-electron chi connectivity index (χ0n) is 16.8. The van der Waals surface area contributed by atoms with Crippen molar-refractivity contribution in [3.63, 3.8) is 0 Å². The van der Waals surface area contributed by atoms with Gasteiger partial charge in [0, 0.05) is 23.8 Å². The van der Waals surface area contributed by atoms with E-state index in [1.807, 2.05) is 47.3 Å². The number of nitrogens with two attached hydrogens (primary N) is 1. The van der Waals surface area contributed by atoms with Gasteiger partial charge in [-0.1, -0.05) is 17.3 Å². The highest BCUT2D eigenvalue weighted by molar-refractivity contribution is 5.79. The van der Waals surface area contributed by atoms with Crippen molar-refractivity contribution >= 4 is 11.6 Å². The zero-order chi connectivity index (χ0) is 20.5. The van der Waals surface area contributed by atoms with Gasteiger partial charge in [0.15, 0.2) is 0 Å². The summed E-state index contributed by atoms with van der Waals surface area (Å²) in [4.78, 5) is 15.1. The molecule has 1 unspecified atom stereocenters. The lowest BCUT2D eigenvalue weighted by Crippen LogP contribution is -2.57. The molecular weight excluding hydrogens is 380 g/mol. The van der Waals surface area contributed by atoms with Crippen molar-refractivity contribution in [2.45, 2.75) is 32.0 Å². The Kier molecular flexibility index (Phi) is 5.00. The number of carbonyl (C=O) groups is 1. The summed E-state index contributed by atoms with van der Waals surface area (Å²) < 4.78 is 7.22. The van der Waals surface area contributed by atoms with E-state index in [0.29, 0.717) is 24.2 Å². The van der Waals surface area contributed by atoms with Gasteiger partial charge in [-0.3, -0.25) is 14.4 Å². The van der Waals surface area contributed by atoms with Gasteiger partial charge in [0.2, 0.25) is 5.91 Å². The third-order valence-corrected chi connectivity index (χ3v) is 6.35. The highest BCUT2D eigenvalue weighted by Gasteiger charge is 2.43. The van der Waals surface area contributed by atoms with E-state index in [0.717, 1.165) is 49.5 Å². The molecule has 2 aromatic heterocycles. The van der Waals surface area contributed by atoms with Crippen LogP contribution in [0.5, 0.6) is 0 Å². The Hall–Kier alpha value is -3.13. The smallest absolute Gasteiger partial charge is 0.225 e. The Morgan fingerprint density at radius 3 is 3.00 bits per heavy atom. The van der Waals surface area contributed by atoms with Crippen LogP contribution in [-0.2, 0) is 17.9 Å². The lowest BCUT2D eigenvalue weighted by atomic mass is 9.75. The number of carbonyl (C=O) groups excluding carboxylic acids is 1. The first-order valence-electron chi connectivity index (χ1n) is 10.5. The SMILES string of the molecule is Nc1cccc(-c2cn(C[C@H]3C[C@H]4CCN3C[C@@H]4C(=O)NCc3ccco3)nn2)c1. The molecule has 8 heteroatoms. The van der Waals surface area contributed by atoms with Crippen molar-refractivity contribution in [3.05, 3.63) is 54.6 Å². The molecule has 0 aliphatic carbocycles. The second kappa shape index (κ2) is 7.95. The number of hydrogen-bond acceptors (Lipinski definition) is 6. The fourth-order valence-corrected chi connectivity index (χ4v) is 4.78. The van der Waals surface area contributed by atoms with Gasteiger partial charge < -0.3 is 15.5 Å². The minimum absolute atomic E-state index is 0.0450. The lowest BCUT2D eigenvalue weighted by Gasteiger charge is -2.49. The predicted molar refractivity (Wildman–Crippen MR) is 112 cm³/mol. The minimum Gasteiger partial charge on any atom is -0.467 e. The third kappa shape index (κ3) is 3.82. The molecule has 30 heavy (non-hydrogen) atoms. The third-order valence-electron chi connectivity index (χ3n) is 6.35. The number of aromatic nitrogens is 3. The van der Waals surface area contributed by atoms with Crippen LogP contribution in [0.3, 0.4) is 0 Å². The van der Waals surface area contributed by atoms with Crippen molar-refractivity contribution in [2.24, 2.45) is 11.8 Å². The van der Waals surface area contributed by atoms with Gasteiger partial charge in [0.05, 0.1) is 31.5 Å². The summed E-state index contributed by atoms with van der Waals surface area (Å²) in [6, 6.07) is 11.8. The molecule has 0 saturated carbocycles. The Morgan fingerprint density at radius 1 is 1.30 bits per heavy atom. The summed E-state index contributed by atoms with van der Waals surface area (Å²) >= 11 is 0. The van der Waals surface area contributed by atoms with Crippen LogP contribution >= 0.6 is 0 Å². The lowest BCUT2D eigenvalue weighted by molar-refractivity contribution is -0.133. The number of nitrogen functional groups attached to an aromatic ring is 1. The maximum atomic E-state index is 12.7. The second-order valence-corrected chi connectivity index (χ2v) is 8.29. The van der Waals surface area contributed by atoms with E-state index in [1.54, 1.807) is 6.26 Å². The average molecular weight is 406 g/mol. The van der Waals surface area contributed by atoms with Crippen LogP contribution in [-0.4, -0.2) is 44.9 Å². The van der Waals surface area contributed by atoms with E-state index in [-0.39, 0.29) is 11.8 Å². The number of hydrogen-bond donors (Lipinski definition) is 2. The van der Waals surface area contributed by atoms with E-state index >= 15 is 0 Å². The molecule has 6 rings (SSSR count). The first kappa shape index (κ1) is 18.9. The number of amides is 1. The van der Waals surface area contributed by atoms with Crippen LogP contribution in [0, 0.1) is 11.8 Å². The van der Waals surface area contributed by atoms with Crippen LogP contribution in [0.25, 0.3) is 11.3 Å². The molecule has 2 bridgehead atoms. The molecule has 0 spiro atoms. The molecule has 4 atom stereocenters. The number of fused-ring (bicyclic) bond motifs is 3. The van der Waals surface area contributed by atoms with Crippen molar-refractivity contribution in [2.75, 3.05) is 18.8 Å². The van der Waals surface area contributed by atoms with Gasteiger partial charge in [-0.25, -0.2) is 0 Å². The number of rotatable bonds is 6. The van der Waals surface area contributed by atoms with Crippen LogP contribution in [0.15, 0.2) is 53.3 Å². The summed E-state index contributed by atoms with van der Waals surface area (Å²) in [5.74, 6) is 1.37. The highest BCUT2D eigenvalue weighted by atomic mass is 16.3. The maximum Gasteiger partial charge on any atom is 0.225 e. The van der Waals surface area contributed by atoms with E-state index in [2.05, 4.69) is 20.5 Å². The first-order chi connectivity index (χ1) is 14.7. The maximum absolute atomic E-state index is 12.7.